The molecule has 84 valence electrons. The van der Waals surface area contributed by atoms with Crippen molar-refractivity contribution in [3.63, 3.8) is 0 Å². The van der Waals surface area contributed by atoms with Gasteiger partial charge < -0.3 is 5.32 Å². The Bertz CT molecular complexity index is 270. The van der Waals surface area contributed by atoms with Crippen molar-refractivity contribution >= 4 is 0 Å². The summed E-state index contributed by atoms with van der Waals surface area (Å²) in [6, 6.07) is 0.675. The van der Waals surface area contributed by atoms with Crippen LogP contribution in [0.5, 0.6) is 0 Å². The third-order valence-electron chi connectivity index (χ3n) is 3.43. The molecule has 2 unspecified atom stereocenters. The van der Waals surface area contributed by atoms with Crippen LogP contribution in [0.15, 0.2) is 6.33 Å². The summed E-state index contributed by atoms with van der Waals surface area (Å²) >= 11 is 0. The average Bonchev–Trinajstić information content (AvgIpc) is 2.79. The highest BCUT2D eigenvalue weighted by atomic mass is 15.2. The van der Waals surface area contributed by atoms with E-state index in [2.05, 4.69) is 27.4 Å². The van der Waals surface area contributed by atoms with Crippen LogP contribution < -0.4 is 5.32 Å². The second-order valence-corrected chi connectivity index (χ2v) is 4.37. The lowest BCUT2D eigenvalue weighted by Gasteiger charge is -2.31. The molecule has 1 fully saturated rings. The van der Waals surface area contributed by atoms with Gasteiger partial charge in [-0.1, -0.05) is 26.2 Å². The number of hydrogen-bond donors (Lipinski definition) is 2. The molecule has 0 aromatic carbocycles. The second-order valence-electron chi connectivity index (χ2n) is 4.37. The van der Waals surface area contributed by atoms with E-state index in [4.69, 9.17) is 0 Å². The molecule has 1 aliphatic carbocycles. The van der Waals surface area contributed by atoms with E-state index in [0.717, 1.165) is 18.3 Å². The van der Waals surface area contributed by atoms with Crippen LogP contribution in [0.1, 0.15) is 44.9 Å². The number of aromatic nitrogens is 3. The maximum atomic E-state index is 4.12. The molecule has 2 N–H and O–H groups in total. The summed E-state index contributed by atoms with van der Waals surface area (Å²) in [5, 5.41) is 10.3. The predicted octanol–water partition coefficient (Wildman–Crippen LogP) is 1.86. The van der Waals surface area contributed by atoms with Gasteiger partial charge in [-0.05, 0) is 18.8 Å². The molecule has 0 bridgehead atoms. The molecule has 0 amide bonds. The molecule has 1 aromatic rings. The SMILES string of the molecule is CCC1CCCCC1NCc1ncn[nH]1. The summed E-state index contributed by atoms with van der Waals surface area (Å²) in [5.74, 6) is 1.79. The number of hydrogen-bond acceptors (Lipinski definition) is 3. The largest absolute Gasteiger partial charge is 0.307 e. The Balaban J connectivity index is 1.81. The number of nitrogens with zero attached hydrogens (tertiary/aromatic N) is 2. The fourth-order valence-corrected chi connectivity index (χ4v) is 2.51. The average molecular weight is 208 g/mol. The molecule has 2 rings (SSSR count). The van der Waals surface area contributed by atoms with Gasteiger partial charge in [0, 0.05) is 6.04 Å². The highest BCUT2D eigenvalue weighted by Gasteiger charge is 2.22. The van der Waals surface area contributed by atoms with E-state index < -0.39 is 0 Å². The monoisotopic (exact) mass is 208 g/mol. The topological polar surface area (TPSA) is 53.6 Å². The first kappa shape index (κ1) is 10.6. The van der Waals surface area contributed by atoms with Crippen molar-refractivity contribution in [3.8, 4) is 0 Å². The fraction of sp³-hybridized carbons (Fsp3) is 0.818. The van der Waals surface area contributed by atoms with Crippen molar-refractivity contribution in [2.45, 2.75) is 51.6 Å². The van der Waals surface area contributed by atoms with Crippen LogP contribution in [0.2, 0.25) is 0 Å². The van der Waals surface area contributed by atoms with E-state index in [1.54, 1.807) is 6.33 Å². The van der Waals surface area contributed by atoms with Crippen molar-refractivity contribution in [2.75, 3.05) is 0 Å². The minimum atomic E-state index is 0.675. The van der Waals surface area contributed by atoms with Crippen molar-refractivity contribution < 1.29 is 0 Å². The van der Waals surface area contributed by atoms with Crippen LogP contribution in [0.25, 0.3) is 0 Å². The van der Waals surface area contributed by atoms with Crippen LogP contribution in [0.3, 0.4) is 0 Å². The van der Waals surface area contributed by atoms with Crippen molar-refractivity contribution in [1.29, 1.82) is 0 Å². The Morgan fingerprint density at radius 2 is 2.33 bits per heavy atom. The Kier molecular flexibility index (Phi) is 3.72. The van der Waals surface area contributed by atoms with Crippen LogP contribution in [-0.4, -0.2) is 21.2 Å². The summed E-state index contributed by atoms with van der Waals surface area (Å²) in [6.45, 7) is 3.11. The summed E-state index contributed by atoms with van der Waals surface area (Å²) in [7, 11) is 0. The molecular formula is C11H20N4. The maximum Gasteiger partial charge on any atom is 0.138 e. The van der Waals surface area contributed by atoms with E-state index in [0.29, 0.717) is 6.04 Å². The van der Waals surface area contributed by atoms with Crippen LogP contribution in [0, 0.1) is 5.92 Å². The minimum Gasteiger partial charge on any atom is -0.307 e. The first-order chi connectivity index (χ1) is 7.40. The lowest BCUT2D eigenvalue weighted by Crippen LogP contribution is -2.38. The van der Waals surface area contributed by atoms with Gasteiger partial charge in [-0.25, -0.2) is 4.98 Å². The highest BCUT2D eigenvalue weighted by molar-refractivity contribution is 4.84. The molecule has 2 atom stereocenters. The molecule has 1 saturated carbocycles. The standard InChI is InChI=1S/C11H20N4/c1-2-9-5-3-4-6-10(9)12-7-11-13-8-14-15-11/h8-10,12H,2-7H2,1H3,(H,13,14,15). The van der Waals surface area contributed by atoms with Crippen LogP contribution >= 0.6 is 0 Å². The van der Waals surface area contributed by atoms with Crippen molar-refractivity contribution in [1.82, 2.24) is 20.5 Å². The van der Waals surface area contributed by atoms with E-state index in [1.165, 1.54) is 32.1 Å². The van der Waals surface area contributed by atoms with Gasteiger partial charge in [0.2, 0.25) is 0 Å². The fourth-order valence-electron chi connectivity index (χ4n) is 2.51. The summed E-state index contributed by atoms with van der Waals surface area (Å²) < 4.78 is 0. The molecule has 0 spiro atoms. The zero-order valence-corrected chi connectivity index (χ0v) is 9.37. The molecule has 0 radical (unpaired) electrons. The van der Waals surface area contributed by atoms with Gasteiger partial charge in [-0.3, -0.25) is 5.10 Å². The molecule has 4 heteroatoms. The lowest BCUT2D eigenvalue weighted by molar-refractivity contribution is 0.253. The molecule has 0 aliphatic heterocycles. The first-order valence-corrected chi connectivity index (χ1v) is 5.97. The summed E-state index contributed by atoms with van der Waals surface area (Å²) in [6.07, 6.45) is 8.31. The first-order valence-electron chi connectivity index (χ1n) is 5.97. The second kappa shape index (κ2) is 5.26. The summed E-state index contributed by atoms with van der Waals surface area (Å²) in [5.41, 5.74) is 0. The number of aromatic amines is 1. The van der Waals surface area contributed by atoms with Crippen LogP contribution in [0.4, 0.5) is 0 Å². The Hall–Kier alpha value is -0.900. The van der Waals surface area contributed by atoms with Crippen molar-refractivity contribution in [2.24, 2.45) is 5.92 Å². The zero-order valence-electron chi connectivity index (χ0n) is 9.37. The molecule has 4 nitrogen and oxygen atoms in total. The number of H-pyrrole nitrogens is 1. The third kappa shape index (κ3) is 2.78. The molecule has 1 aromatic heterocycles. The van der Waals surface area contributed by atoms with E-state index in [1.807, 2.05) is 0 Å². The van der Waals surface area contributed by atoms with Crippen molar-refractivity contribution in [3.05, 3.63) is 12.2 Å². The van der Waals surface area contributed by atoms with Gasteiger partial charge in [-0.15, -0.1) is 0 Å². The molecule has 0 saturated heterocycles. The smallest absolute Gasteiger partial charge is 0.138 e. The van der Waals surface area contributed by atoms with Gasteiger partial charge in [0.05, 0.1) is 6.54 Å². The quantitative estimate of drug-likeness (QED) is 0.794. The predicted molar refractivity (Wildman–Crippen MR) is 59.3 cm³/mol. The third-order valence-corrected chi connectivity index (χ3v) is 3.43. The lowest BCUT2D eigenvalue weighted by atomic mass is 9.83. The molecule has 15 heavy (non-hydrogen) atoms. The highest BCUT2D eigenvalue weighted by Crippen LogP contribution is 2.26. The van der Waals surface area contributed by atoms with Gasteiger partial charge in [-0.2, -0.15) is 5.10 Å². The van der Waals surface area contributed by atoms with E-state index in [9.17, 15) is 0 Å². The van der Waals surface area contributed by atoms with E-state index >= 15 is 0 Å². The normalized spacial score (nSPS) is 26.7. The summed E-state index contributed by atoms with van der Waals surface area (Å²) in [4.78, 5) is 4.12. The van der Waals surface area contributed by atoms with Gasteiger partial charge in [0.1, 0.15) is 12.2 Å². The maximum absolute atomic E-state index is 4.12. The van der Waals surface area contributed by atoms with Gasteiger partial charge in [0.25, 0.3) is 0 Å². The Morgan fingerprint density at radius 1 is 1.47 bits per heavy atom. The Morgan fingerprint density at radius 3 is 3.07 bits per heavy atom. The molecule has 1 aliphatic rings. The zero-order chi connectivity index (χ0) is 10.5. The molecule has 1 heterocycles. The van der Waals surface area contributed by atoms with E-state index in [-0.39, 0.29) is 0 Å². The number of nitrogens with one attached hydrogen (secondary N) is 2. The van der Waals surface area contributed by atoms with Crippen LogP contribution in [-0.2, 0) is 6.54 Å². The molecular weight excluding hydrogens is 188 g/mol. The number of rotatable bonds is 4. The van der Waals surface area contributed by atoms with Gasteiger partial charge in [0.15, 0.2) is 0 Å². The minimum absolute atomic E-state index is 0.675. The van der Waals surface area contributed by atoms with Gasteiger partial charge >= 0.3 is 0 Å². The Labute approximate surface area is 90.9 Å².